The molecule has 0 aromatic carbocycles. The third-order valence-corrected chi connectivity index (χ3v) is 6.47. The first-order valence-electron chi connectivity index (χ1n) is 10.8. The highest BCUT2D eigenvalue weighted by atomic mass is 16.7. The second-order valence-electron chi connectivity index (χ2n) is 9.06. The lowest BCUT2D eigenvalue weighted by molar-refractivity contribution is -0.316. The maximum absolute atomic E-state index is 10.9. The Morgan fingerprint density at radius 3 is 2.35 bits per heavy atom. The second kappa shape index (κ2) is 10.2. The van der Waals surface area contributed by atoms with Gasteiger partial charge in [0.25, 0.3) is 0 Å². The molecular weight excluding hydrogens is 412 g/mol. The van der Waals surface area contributed by atoms with Crippen LogP contribution in [0.1, 0.15) is 26.2 Å². The predicted octanol–water partition coefficient (Wildman–Crippen LogP) is -3.94. The summed E-state index contributed by atoms with van der Waals surface area (Å²) in [7, 11) is 1.60. The fourth-order valence-corrected chi connectivity index (χ4v) is 4.62. The number of likely N-dealkylation sites (N-methyl/N-ethyl adjacent to an activating group) is 1. The summed E-state index contributed by atoms with van der Waals surface area (Å²) >= 11 is 0. The quantitative estimate of drug-likeness (QED) is 0.195. The van der Waals surface area contributed by atoms with Gasteiger partial charge in [0.1, 0.15) is 30.0 Å². The van der Waals surface area contributed by atoms with Crippen LogP contribution in [-0.4, -0.2) is 114 Å². The molecule has 0 radical (unpaired) electrons. The summed E-state index contributed by atoms with van der Waals surface area (Å²) in [5.74, 6) is 0. The van der Waals surface area contributed by atoms with Crippen molar-refractivity contribution in [2.45, 2.75) is 99.1 Å². The van der Waals surface area contributed by atoms with Gasteiger partial charge >= 0.3 is 0 Å². The normalized spacial score (nSPS) is 51.6. The number of aliphatic hydroxyl groups excluding tert-OH is 3. The molecule has 0 spiro atoms. The molecule has 3 aliphatic rings. The lowest BCUT2D eigenvalue weighted by atomic mass is 9.85. The van der Waals surface area contributed by atoms with Crippen LogP contribution in [0.15, 0.2) is 0 Å². The molecule has 31 heavy (non-hydrogen) atoms. The van der Waals surface area contributed by atoms with E-state index in [9.17, 15) is 20.4 Å². The van der Waals surface area contributed by atoms with Gasteiger partial charge in [0.15, 0.2) is 12.6 Å². The average molecular weight is 451 g/mol. The van der Waals surface area contributed by atoms with Gasteiger partial charge in [-0.25, -0.2) is 0 Å². The maximum atomic E-state index is 10.9. The number of rotatable bonds is 6. The number of ether oxygens (including phenoxy) is 4. The summed E-state index contributed by atoms with van der Waals surface area (Å²) in [5.41, 5.74) is 16.6. The van der Waals surface area contributed by atoms with E-state index in [4.69, 9.17) is 36.1 Å². The molecule has 3 fully saturated rings. The first kappa shape index (κ1) is 25.1. The molecule has 12 atom stereocenters. The van der Waals surface area contributed by atoms with Gasteiger partial charge in [-0.3, -0.25) is 0 Å². The number of nitrogens with two attached hydrogens (primary N) is 3. The molecule has 2 saturated heterocycles. The molecule has 0 aromatic heterocycles. The van der Waals surface area contributed by atoms with Gasteiger partial charge < -0.3 is 61.9 Å². The molecule has 2 aliphatic heterocycles. The van der Waals surface area contributed by atoms with Gasteiger partial charge in [-0.15, -0.1) is 0 Å². The molecule has 1 saturated carbocycles. The summed E-state index contributed by atoms with van der Waals surface area (Å²) < 4.78 is 23.0. The van der Waals surface area contributed by atoms with Crippen LogP contribution in [0.5, 0.6) is 0 Å². The number of nitrogens with one attached hydrogen (secondary N) is 1. The van der Waals surface area contributed by atoms with Gasteiger partial charge in [0.2, 0.25) is 0 Å². The van der Waals surface area contributed by atoms with Crippen LogP contribution in [0, 0.1) is 0 Å². The highest BCUT2D eigenvalue weighted by molar-refractivity contribution is 5.00. The molecule has 0 amide bonds. The van der Waals surface area contributed by atoms with Crippen molar-refractivity contribution in [2.75, 3.05) is 20.2 Å². The summed E-state index contributed by atoms with van der Waals surface area (Å²) in [6.45, 7) is 1.75. The Kier molecular flexibility index (Phi) is 8.27. The molecule has 182 valence electrons. The van der Waals surface area contributed by atoms with Crippen molar-refractivity contribution in [3.8, 4) is 0 Å². The minimum absolute atomic E-state index is 0.0880. The fourth-order valence-electron chi connectivity index (χ4n) is 4.62. The fraction of sp³-hybridized carbons (Fsp3) is 1.00. The van der Waals surface area contributed by atoms with Crippen LogP contribution in [-0.2, 0) is 18.9 Å². The van der Waals surface area contributed by atoms with E-state index in [1.54, 1.807) is 7.05 Å². The molecule has 0 aromatic rings. The Morgan fingerprint density at radius 1 is 1.03 bits per heavy atom. The Morgan fingerprint density at radius 2 is 1.71 bits per heavy atom. The number of hydrogen-bond donors (Lipinski definition) is 8. The Labute approximate surface area is 181 Å². The van der Waals surface area contributed by atoms with E-state index in [-0.39, 0.29) is 19.1 Å². The molecule has 12 nitrogen and oxygen atoms in total. The molecule has 12 heteroatoms. The highest BCUT2D eigenvalue weighted by Gasteiger charge is 2.51. The third-order valence-electron chi connectivity index (χ3n) is 6.47. The summed E-state index contributed by atoms with van der Waals surface area (Å²) in [4.78, 5) is 0. The van der Waals surface area contributed by atoms with Crippen molar-refractivity contribution in [3.05, 3.63) is 0 Å². The molecule has 11 N–H and O–H groups in total. The standard InChI is InChI=1S/C19H38N4O8/c1-19(27)7-28-18(13(26)16(19)23-2)31-15-11(24)5-10(22)14(12(15)25)30-17-9(21)4-3-8(6-20)29-17/h8-18,23-27H,3-7,20-22H2,1-2H3/t8-,9+,10-,11+,12-,13+,14+,15-,16+,17+,18+,19-/m0/s1. The zero-order valence-electron chi connectivity index (χ0n) is 18.0. The van der Waals surface area contributed by atoms with Gasteiger partial charge in [0.05, 0.1) is 30.9 Å². The molecule has 0 bridgehead atoms. The second-order valence-corrected chi connectivity index (χ2v) is 9.06. The van der Waals surface area contributed by atoms with Crippen LogP contribution < -0.4 is 22.5 Å². The van der Waals surface area contributed by atoms with Gasteiger partial charge in [-0.2, -0.15) is 0 Å². The lowest BCUT2D eigenvalue weighted by Gasteiger charge is -2.48. The van der Waals surface area contributed by atoms with Crippen molar-refractivity contribution in [3.63, 3.8) is 0 Å². The highest BCUT2D eigenvalue weighted by Crippen LogP contribution is 2.31. The first-order valence-corrected chi connectivity index (χ1v) is 10.8. The van der Waals surface area contributed by atoms with E-state index in [1.165, 1.54) is 6.92 Å². The topological polar surface area (TPSA) is 208 Å². The van der Waals surface area contributed by atoms with E-state index in [0.29, 0.717) is 19.4 Å². The van der Waals surface area contributed by atoms with Gasteiger partial charge in [-0.05, 0) is 33.2 Å². The van der Waals surface area contributed by atoms with E-state index < -0.39 is 66.8 Å². The van der Waals surface area contributed by atoms with Gasteiger partial charge in [0, 0.05) is 12.6 Å². The number of hydrogen-bond acceptors (Lipinski definition) is 12. The van der Waals surface area contributed by atoms with Crippen molar-refractivity contribution in [2.24, 2.45) is 17.2 Å². The van der Waals surface area contributed by atoms with Crippen LogP contribution >= 0.6 is 0 Å². The van der Waals surface area contributed by atoms with Crippen molar-refractivity contribution < 1.29 is 39.4 Å². The van der Waals surface area contributed by atoms with E-state index >= 15 is 0 Å². The molecule has 2 heterocycles. The SMILES string of the molecule is CN[C@@H]1[C@@H](O)[C@@H](O[C@@H]2[C@@H](O)[C@H](O[C@H]3O[C@H](CN)CC[C@H]3N)[C@@H](N)C[C@H]2O)OC[C@]1(C)O. The van der Waals surface area contributed by atoms with Crippen molar-refractivity contribution in [1.82, 2.24) is 5.32 Å². The van der Waals surface area contributed by atoms with Crippen LogP contribution in [0.25, 0.3) is 0 Å². The monoisotopic (exact) mass is 450 g/mol. The Bertz CT molecular complexity index is 587. The number of aliphatic hydroxyl groups is 4. The predicted molar refractivity (Wildman–Crippen MR) is 108 cm³/mol. The molecular formula is C19H38N4O8. The largest absolute Gasteiger partial charge is 0.390 e. The average Bonchev–Trinajstić information content (AvgIpc) is 2.71. The zero-order valence-corrected chi connectivity index (χ0v) is 18.0. The van der Waals surface area contributed by atoms with Crippen molar-refractivity contribution in [1.29, 1.82) is 0 Å². The van der Waals surface area contributed by atoms with Crippen LogP contribution in [0.4, 0.5) is 0 Å². The van der Waals surface area contributed by atoms with Crippen LogP contribution in [0.3, 0.4) is 0 Å². The first-order chi connectivity index (χ1) is 14.6. The smallest absolute Gasteiger partial charge is 0.185 e. The molecule has 0 unspecified atom stereocenters. The third kappa shape index (κ3) is 5.37. The molecule has 1 aliphatic carbocycles. The van der Waals surface area contributed by atoms with Crippen LogP contribution in [0.2, 0.25) is 0 Å². The summed E-state index contributed by atoms with van der Waals surface area (Å²) in [6, 6.07) is -1.84. The zero-order chi connectivity index (χ0) is 22.9. The minimum atomic E-state index is -1.33. The Balaban J connectivity index is 1.68. The minimum Gasteiger partial charge on any atom is -0.390 e. The van der Waals surface area contributed by atoms with E-state index in [2.05, 4.69) is 5.32 Å². The van der Waals surface area contributed by atoms with E-state index in [1.807, 2.05) is 0 Å². The summed E-state index contributed by atoms with van der Waals surface area (Å²) in [6.07, 6.45) is -6.49. The molecule has 3 rings (SSSR count). The van der Waals surface area contributed by atoms with Crippen molar-refractivity contribution >= 4 is 0 Å². The Hall–Kier alpha value is -0.480. The lowest BCUT2D eigenvalue weighted by Crippen LogP contribution is -2.67. The van der Waals surface area contributed by atoms with Gasteiger partial charge in [-0.1, -0.05) is 0 Å². The maximum Gasteiger partial charge on any atom is 0.185 e. The van der Waals surface area contributed by atoms with E-state index in [0.717, 1.165) is 0 Å². The summed E-state index contributed by atoms with van der Waals surface area (Å²) in [5, 5.41) is 45.3.